The Morgan fingerprint density at radius 1 is 0.885 bits per heavy atom. The largest absolute Gasteiger partial charge is 0.324 e. The molecule has 0 unspecified atom stereocenters. The summed E-state index contributed by atoms with van der Waals surface area (Å²) in [4.78, 5) is 21.2. The van der Waals surface area contributed by atoms with E-state index >= 15 is 0 Å². The van der Waals surface area contributed by atoms with Crippen LogP contribution in [0.1, 0.15) is 27.3 Å². The number of benzene rings is 2. The maximum atomic E-state index is 12.5. The standard InChI is InChI=1S/C20H19ClN4O/c1-12-4-7-17(10-13(12)2)24-20-22-14(3)11-18(25-20)19(26)23-16-8-5-15(21)6-9-16/h4-11H,1-3H3,(H,23,26)(H,22,24,25). The second-order valence-electron chi connectivity index (χ2n) is 6.10. The van der Waals surface area contributed by atoms with Gasteiger partial charge in [0, 0.05) is 22.1 Å². The number of aryl methyl sites for hydroxylation is 3. The summed E-state index contributed by atoms with van der Waals surface area (Å²) in [6.45, 7) is 5.93. The van der Waals surface area contributed by atoms with Crippen LogP contribution in [0.5, 0.6) is 0 Å². The molecule has 3 rings (SSSR count). The smallest absolute Gasteiger partial charge is 0.274 e. The molecule has 0 spiro atoms. The van der Waals surface area contributed by atoms with Crippen LogP contribution in [0.3, 0.4) is 0 Å². The van der Waals surface area contributed by atoms with E-state index in [0.717, 1.165) is 5.69 Å². The Kier molecular flexibility index (Phi) is 5.19. The Morgan fingerprint density at radius 2 is 1.58 bits per heavy atom. The number of hydrogen-bond acceptors (Lipinski definition) is 4. The minimum Gasteiger partial charge on any atom is -0.324 e. The summed E-state index contributed by atoms with van der Waals surface area (Å²) in [5, 5.41) is 6.58. The fourth-order valence-corrected chi connectivity index (χ4v) is 2.54. The molecule has 2 N–H and O–H groups in total. The topological polar surface area (TPSA) is 66.9 Å². The molecule has 26 heavy (non-hydrogen) atoms. The molecule has 1 amide bonds. The number of hydrogen-bond donors (Lipinski definition) is 2. The second kappa shape index (κ2) is 7.54. The maximum Gasteiger partial charge on any atom is 0.274 e. The Labute approximate surface area is 157 Å². The lowest BCUT2D eigenvalue weighted by molar-refractivity contribution is 0.102. The SMILES string of the molecule is Cc1cc(C(=O)Nc2ccc(Cl)cc2)nc(Nc2ccc(C)c(C)c2)n1. The minimum absolute atomic E-state index is 0.291. The monoisotopic (exact) mass is 366 g/mol. The van der Waals surface area contributed by atoms with Crippen LogP contribution < -0.4 is 10.6 Å². The summed E-state index contributed by atoms with van der Waals surface area (Å²) in [6, 6.07) is 14.6. The van der Waals surface area contributed by atoms with Gasteiger partial charge in [0.25, 0.3) is 5.91 Å². The van der Waals surface area contributed by atoms with Gasteiger partial charge in [0.1, 0.15) is 5.69 Å². The molecule has 0 aliphatic carbocycles. The van der Waals surface area contributed by atoms with Crippen LogP contribution in [-0.4, -0.2) is 15.9 Å². The van der Waals surface area contributed by atoms with Gasteiger partial charge < -0.3 is 10.6 Å². The van der Waals surface area contributed by atoms with E-state index in [1.807, 2.05) is 32.0 Å². The normalized spacial score (nSPS) is 10.5. The number of anilines is 3. The molecule has 5 nitrogen and oxygen atoms in total. The number of carbonyl (C=O) groups excluding carboxylic acids is 1. The highest BCUT2D eigenvalue weighted by molar-refractivity contribution is 6.30. The molecule has 132 valence electrons. The lowest BCUT2D eigenvalue weighted by Gasteiger charge is -2.10. The minimum atomic E-state index is -0.305. The third-order valence-corrected chi connectivity index (χ3v) is 4.20. The Morgan fingerprint density at radius 3 is 2.27 bits per heavy atom. The van der Waals surface area contributed by atoms with Gasteiger partial charge in [0.2, 0.25) is 5.95 Å². The van der Waals surface area contributed by atoms with E-state index in [4.69, 9.17) is 11.6 Å². The predicted molar refractivity (Wildman–Crippen MR) is 105 cm³/mol. The second-order valence-corrected chi connectivity index (χ2v) is 6.54. The average molecular weight is 367 g/mol. The first kappa shape index (κ1) is 17.9. The number of nitrogens with one attached hydrogen (secondary N) is 2. The number of amides is 1. The molecule has 0 fully saturated rings. The summed E-state index contributed by atoms with van der Waals surface area (Å²) in [5.74, 6) is 0.0791. The van der Waals surface area contributed by atoms with Crippen LogP contribution in [0.15, 0.2) is 48.5 Å². The van der Waals surface area contributed by atoms with Crippen molar-refractivity contribution in [1.29, 1.82) is 0 Å². The maximum absolute atomic E-state index is 12.5. The number of rotatable bonds is 4. The molecule has 1 aromatic heterocycles. The van der Waals surface area contributed by atoms with Gasteiger partial charge in [-0.15, -0.1) is 0 Å². The van der Waals surface area contributed by atoms with Crippen molar-refractivity contribution in [2.45, 2.75) is 20.8 Å². The Bertz CT molecular complexity index is 955. The van der Waals surface area contributed by atoms with Crippen molar-refractivity contribution in [2.24, 2.45) is 0 Å². The van der Waals surface area contributed by atoms with Crippen molar-refractivity contribution >= 4 is 34.8 Å². The molecule has 3 aromatic rings. The lowest BCUT2D eigenvalue weighted by atomic mass is 10.1. The van der Waals surface area contributed by atoms with E-state index in [-0.39, 0.29) is 5.91 Å². The molecule has 0 radical (unpaired) electrons. The van der Waals surface area contributed by atoms with Crippen molar-refractivity contribution in [3.05, 3.63) is 76.1 Å². The quantitative estimate of drug-likeness (QED) is 0.678. The summed E-state index contributed by atoms with van der Waals surface area (Å²) < 4.78 is 0. The average Bonchev–Trinajstić information content (AvgIpc) is 2.59. The van der Waals surface area contributed by atoms with Gasteiger partial charge >= 0.3 is 0 Å². The third-order valence-electron chi connectivity index (χ3n) is 3.95. The van der Waals surface area contributed by atoms with E-state index in [9.17, 15) is 4.79 Å². The highest BCUT2D eigenvalue weighted by atomic mass is 35.5. The first-order chi connectivity index (χ1) is 12.4. The zero-order valence-corrected chi connectivity index (χ0v) is 15.6. The van der Waals surface area contributed by atoms with Crippen LogP contribution in [0.2, 0.25) is 5.02 Å². The molecule has 0 bridgehead atoms. The van der Waals surface area contributed by atoms with Crippen LogP contribution in [-0.2, 0) is 0 Å². The molecule has 0 saturated heterocycles. The summed E-state index contributed by atoms with van der Waals surface area (Å²) in [7, 11) is 0. The van der Waals surface area contributed by atoms with E-state index in [1.54, 1.807) is 30.3 Å². The van der Waals surface area contributed by atoms with Crippen molar-refractivity contribution in [1.82, 2.24) is 9.97 Å². The molecule has 6 heteroatoms. The van der Waals surface area contributed by atoms with Gasteiger partial charge in [-0.2, -0.15) is 0 Å². The molecular formula is C20H19ClN4O. The predicted octanol–water partition coefficient (Wildman–Crippen LogP) is 5.05. The molecule has 0 aliphatic heterocycles. The highest BCUT2D eigenvalue weighted by Gasteiger charge is 2.11. The molecule has 0 atom stereocenters. The van der Waals surface area contributed by atoms with E-state index < -0.39 is 0 Å². The van der Waals surface area contributed by atoms with Crippen LogP contribution in [0.25, 0.3) is 0 Å². The van der Waals surface area contributed by atoms with Crippen molar-refractivity contribution in [2.75, 3.05) is 10.6 Å². The van der Waals surface area contributed by atoms with Crippen LogP contribution >= 0.6 is 11.6 Å². The summed E-state index contributed by atoms with van der Waals surface area (Å²) in [5.41, 5.74) is 4.90. The van der Waals surface area contributed by atoms with Crippen LogP contribution in [0, 0.1) is 20.8 Å². The number of aromatic nitrogens is 2. The third kappa shape index (κ3) is 4.37. The fourth-order valence-electron chi connectivity index (χ4n) is 2.42. The summed E-state index contributed by atoms with van der Waals surface area (Å²) in [6.07, 6.45) is 0. The molecular weight excluding hydrogens is 348 g/mol. The van der Waals surface area contributed by atoms with E-state index in [0.29, 0.717) is 28.0 Å². The summed E-state index contributed by atoms with van der Waals surface area (Å²) >= 11 is 5.86. The zero-order valence-electron chi connectivity index (χ0n) is 14.8. The van der Waals surface area contributed by atoms with Gasteiger partial charge in [-0.3, -0.25) is 4.79 Å². The molecule has 0 saturated carbocycles. The molecule has 2 aromatic carbocycles. The number of halogens is 1. The van der Waals surface area contributed by atoms with Crippen molar-refractivity contribution in [3.63, 3.8) is 0 Å². The fraction of sp³-hybridized carbons (Fsp3) is 0.150. The first-order valence-corrected chi connectivity index (χ1v) is 8.55. The number of carbonyl (C=O) groups is 1. The van der Waals surface area contributed by atoms with Gasteiger partial charge in [-0.1, -0.05) is 17.7 Å². The zero-order chi connectivity index (χ0) is 18.7. The first-order valence-electron chi connectivity index (χ1n) is 8.17. The van der Waals surface area contributed by atoms with Gasteiger partial charge in [-0.25, -0.2) is 9.97 Å². The Hall–Kier alpha value is -2.92. The van der Waals surface area contributed by atoms with E-state index in [2.05, 4.69) is 27.5 Å². The molecule has 0 aliphatic rings. The number of nitrogens with zero attached hydrogens (tertiary/aromatic N) is 2. The van der Waals surface area contributed by atoms with E-state index in [1.165, 1.54) is 11.1 Å². The Balaban J connectivity index is 1.81. The van der Waals surface area contributed by atoms with Gasteiger partial charge in [-0.05, 0) is 74.4 Å². The van der Waals surface area contributed by atoms with Crippen molar-refractivity contribution < 1.29 is 4.79 Å². The van der Waals surface area contributed by atoms with Gasteiger partial charge in [0.15, 0.2) is 0 Å². The van der Waals surface area contributed by atoms with Crippen molar-refractivity contribution in [3.8, 4) is 0 Å². The van der Waals surface area contributed by atoms with Gasteiger partial charge in [0.05, 0.1) is 0 Å². The van der Waals surface area contributed by atoms with Crippen LogP contribution in [0.4, 0.5) is 17.3 Å². The lowest BCUT2D eigenvalue weighted by Crippen LogP contribution is -2.15. The highest BCUT2D eigenvalue weighted by Crippen LogP contribution is 2.19. The molecule has 1 heterocycles.